The minimum absolute atomic E-state index is 0. The zero-order valence-electron chi connectivity index (χ0n) is 37.8. The summed E-state index contributed by atoms with van der Waals surface area (Å²) in [5, 5.41) is 0. The second-order valence-electron chi connectivity index (χ2n) is 18.2. The molecule has 8 rings (SSSR count). The van der Waals surface area contributed by atoms with Crippen molar-refractivity contribution in [2.24, 2.45) is 0 Å². The van der Waals surface area contributed by atoms with Gasteiger partial charge in [-0.1, -0.05) is 116 Å². The summed E-state index contributed by atoms with van der Waals surface area (Å²) in [7, 11) is 2.09. The molecule has 304 valence electrons. The molecule has 0 saturated heterocycles. The number of rotatable bonds is 4. The van der Waals surface area contributed by atoms with Crippen LogP contribution in [0.4, 0.5) is 17.1 Å². The van der Waals surface area contributed by atoms with E-state index in [1.54, 1.807) is 0 Å². The fourth-order valence-electron chi connectivity index (χ4n) is 12.0. The van der Waals surface area contributed by atoms with E-state index in [1.807, 2.05) is 0 Å². The summed E-state index contributed by atoms with van der Waals surface area (Å²) in [6, 6.07) is 23.8. The lowest BCUT2D eigenvalue weighted by Gasteiger charge is -2.60. The van der Waals surface area contributed by atoms with Gasteiger partial charge in [-0.2, -0.15) is 10.9 Å². The Bertz CT molecular complexity index is 2330. The molecule has 5 aromatic carbocycles. The van der Waals surface area contributed by atoms with Gasteiger partial charge in [-0.15, -0.1) is 6.32 Å². The molecule has 3 aliphatic heterocycles. The third-order valence-corrected chi connectivity index (χ3v) is 13.0. The summed E-state index contributed by atoms with van der Waals surface area (Å²) >= 11 is 0. The highest BCUT2D eigenvalue weighted by Crippen LogP contribution is 2.46. The molecule has 1 unspecified atom stereocenters. The molecule has 0 N–H and O–H groups in total. The first-order valence-corrected chi connectivity index (χ1v) is 20.9. The first kappa shape index (κ1) is 42.7. The number of aryl methyl sites for hydroxylation is 14. The smallest absolute Gasteiger partial charge is 0.106 e. The van der Waals surface area contributed by atoms with Crippen LogP contribution in [-0.4, -0.2) is 30.8 Å². The van der Waals surface area contributed by atoms with Crippen LogP contribution in [0.5, 0.6) is 0 Å². The van der Waals surface area contributed by atoms with Gasteiger partial charge in [-0.05, 0) is 131 Å². The lowest BCUT2D eigenvalue weighted by Crippen LogP contribution is -3.00. The molecule has 3 heterocycles. The van der Waals surface area contributed by atoms with Gasteiger partial charge in [0.1, 0.15) is 6.15 Å². The maximum Gasteiger partial charge on any atom is 0.106 e. The highest BCUT2D eigenvalue weighted by molar-refractivity contribution is 7.04. The SMILES string of the molecule is Cc1cc(C)c(N2C=CN(C)C2)c(C)c1.Cc1cc(C)c(N2C=CN3c4c(C)cc(C)cc4C[B-](c4c(C)cc(C)cc4C)(c4c(C)cc(C)cc4C)C23)c(C)c1.[Cl-]. The lowest BCUT2D eigenvalue weighted by atomic mass is 9.12. The quantitative estimate of drug-likeness (QED) is 0.172. The fourth-order valence-corrected chi connectivity index (χ4v) is 12.0. The molecule has 0 spiro atoms. The van der Waals surface area contributed by atoms with E-state index in [2.05, 4.69) is 209 Å². The van der Waals surface area contributed by atoms with Crippen molar-refractivity contribution >= 4 is 34.1 Å². The molecule has 3 aliphatic rings. The Hall–Kier alpha value is -4.87. The van der Waals surface area contributed by atoms with Crippen LogP contribution in [0.25, 0.3) is 0 Å². The van der Waals surface area contributed by atoms with Crippen LogP contribution in [0.1, 0.15) is 83.5 Å². The Morgan fingerprint density at radius 1 is 0.414 bits per heavy atom. The normalized spacial score (nSPS) is 16.3. The number of benzene rings is 5. The number of hydrogen-bond donors (Lipinski definition) is 0. The molecule has 0 saturated carbocycles. The maximum atomic E-state index is 2.64. The van der Waals surface area contributed by atoms with Crippen LogP contribution in [-0.2, 0) is 6.32 Å². The van der Waals surface area contributed by atoms with Crippen molar-refractivity contribution < 1.29 is 12.4 Å². The molecule has 4 nitrogen and oxygen atoms in total. The van der Waals surface area contributed by atoms with Crippen molar-refractivity contribution in [3.63, 3.8) is 0 Å². The maximum absolute atomic E-state index is 2.64. The number of nitrogens with zero attached hydrogens (tertiary/aromatic N) is 4. The number of fused-ring (bicyclic) bond motifs is 3. The molecule has 0 amide bonds. The van der Waals surface area contributed by atoms with Gasteiger partial charge in [0.25, 0.3) is 0 Å². The summed E-state index contributed by atoms with van der Waals surface area (Å²) in [5.41, 5.74) is 27.6. The van der Waals surface area contributed by atoms with E-state index in [0.29, 0.717) is 0 Å². The molecule has 6 heteroatoms. The number of anilines is 3. The van der Waals surface area contributed by atoms with E-state index >= 15 is 0 Å². The largest absolute Gasteiger partial charge is 1.00 e. The van der Waals surface area contributed by atoms with E-state index in [1.165, 1.54) is 111 Å². The van der Waals surface area contributed by atoms with Crippen molar-refractivity contribution in [3.8, 4) is 0 Å². The van der Waals surface area contributed by atoms with E-state index in [4.69, 9.17) is 0 Å². The summed E-state index contributed by atoms with van der Waals surface area (Å²) < 4.78 is 0. The van der Waals surface area contributed by atoms with Gasteiger partial charge in [0.05, 0.1) is 6.67 Å². The van der Waals surface area contributed by atoms with E-state index in [0.717, 1.165) is 13.0 Å². The van der Waals surface area contributed by atoms with Gasteiger partial charge in [-0.25, -0.2) is 0 Å². The first-order valence-electron chi connectivity index (χ1n) is 20.9. The lowest BCUT2D eigenvalue weighted by molar-refractivity contribution is -0.0000124. The third-order valence-electron chi connectivity index (χ3n) is 13.0. The third kappa shape index (κ3) is 7.36. The first-order chi connectivity index (χ1) is 26.9. The van der Waals surface area contributed by atoms with E-state index in [-0.39, 0.29) is 18.5 Å². The summed E-state index contributed by atoms with van der Waals surface area (Å²) in [6.07, 6.45) is 8.67. The van der Waals surface area contributed by atoms with Crippen molar-refractivity contribution in [2.75, 3.05) is 28.4 Å². The predicted octanol–water partition coefficient (Wildman–Crippen LogP) is 7.90. The van der Waals surface area contributed by atoms with Crippen LogP contribution < -0.4 is 38.0 Å². The monoisotopic (exact) mass is 790 g/mol. The predicted molar refractivity (Wildman–Crippen MR) is 249 cm³/mol. The topological polar surface area (TPSA) is 13.0 Å². The van der Waals surface area contributed by atoms with Crippen molar-refractivity contribution in [1.29, 1.82) is 0 Å². The van der Waals surface area contributed by atoms with E-state index in [9.17, 15) is 0 Å². The van der Waals surface area contributed by atoms with Gasteiger partial charge in [0, 0.05) is 48.9 Å². The second-order valence-corrected chi connectivity index (χ2v) is 18.2. The molecule has 0 fully saturated rings. The average Bonchev–Trinajstić information content (AvgIpc) is 3.70. The average molecular weight is 791 g/mol. The molecular weight excluding hydrogens is 727 g/mol. The molecule has 0 radical (unpaired) electrons. The summed E-state index contributed by atoms with van der Waals surface area (Å²) in [4.78, 5) is 9.76. The Morgan fingerprint density at radius 3 is 1.16 bits per heavy atom. The molecule has 0 aromatic heterocycles. The number of halogens is 1. The van der Waals surface area contributed by atoms with Crippen LogP contribution in [0, 0.1) is 96.9 Å². The Morgan fingerprint density at radius 2 is 0.759 bits per heavy atom. The Kier molecular flexibility index (Phi) is 11.8. The standard InChI is InChI=1S/C39H46BN2.C13H18N2.ClH/c1-23-14-27(5)35(28(6)15-23)40(36-29(7)16-24(2)17-30(36)8)22-34-21-26(4)20-33(11)38(34)42-13-12-41(39(40)42)37-31(9)18-25(3)19-32(37)10;1-10-7-11(2)13(12(3)8-10)15-6-5-14(4)9-15;/h12-21,39H,22H2,1-11H3;5-8H,9H2,1-4H3;1H/q-1;;/p-1. The zero-order chi connectivity index (χ0) is 41.2. The molecule has 1 atom stereocenters. The minimum Gasteiger partial charge on any atom is -1.00 e. The highest BCUT2D eigenvalue weighted by Gasteiger charge is 2.50. The van der Waals surface area contributed by atoms with Gasteiger partial charge in [-0.3, -0.25) is 0 Å². The Balaban J connectivity index is 0.000000298. The van der Waals surface area contributed by atoms with Crippen molar-refractivity contribution in [3.05, 3.63) is 169 Å². The molecule has 58 heavy (non-hydrogen) atoms. The van der Waals surface area contributed by atoms with Gasteiger partial charge < -0.3 is 32.0 Å². The molecule has 5 aromatic rings. The molecule has 0 bridgehead atoms. The van der Waals surface area contributed by atoms with Crippen molar-refractivity contribution in [1.82, 2.24) is 4.90 Å². The molecular formula is C52H64BClN4-2. The van der Waals surface area contributed by atoms with Crippen LogP contribution in [0.2, 0.25) is 0 Å². The number of hydrogen-bond acceptors (Lipinski definition) is 4. The Labute approximate surface area is 356 Å². The van der Waals surface area contributed by atoms with Crippen LogP contribution in [0.3, 0.4) is 0 Å². The molecule has 0 aliphatic carbocycles. The van der Waals surface area contributed by atoms with Crippen molar-refractivity contribution in [2.45, 2.75) is 109 Å². The van der Waals surface area contributed by atoms with Crippen LogP contribution in [0.15, 0.2) is 85.5 Å². The van der Waals surface area contributed by atoms with E-state index < -0.39 is 6.15 Å². The minimum atomic E-state index is -1.34. The fraction of sp³-hybridized carbons (Fsp3) is 0.346. The van der Waals surface area contributed by atoms with Gasteiger partial charge >= 0.3 is 0 Å². The van der Waals surface area contributed by atoms with Gasteiger partial charge in [0.15, 0.2) is 0 Å². The van der Waals surface area contributed by atoms with Gasteiger partial charge in [0.2, 0.25) is 0 Å². The van der Waals surface area contributed by atoms with Crippen LogP contribution >= 0.6 is 0 Å². The summed E-state index contributed by atoms with van der Waals surface area (Å²) in [6.45, 7) is 32.7. The highest BCUT2D eigenvalue weighted by atomic mass is 35.5. The summed E-state index contributed by atoms with van der Waals surface area (Å²) in [5.74, 6) is 0. The zero-order valence-corrected chi connectivity index (χ0v) is 38.6. The second kappa shape index (κ2) is 16.1.